The number of nitrogen functional groups attached to an aromatic ring is 1. The zero-order chi connectivity index (χ0) is 31.6. The Kier molecular flexibility index (Phi) is 8.47. The van der Waals surface area contributed by atoms with Gasteiger partial charge in [0, 0.05) is 36.8 Å². The summed E-state index contributed by atoms with van der Waals surface area (Å²) in [6.07, 6.45) is 4.60. The minimum atomic E-state index is -0.539. The van der Waals surface area contributed by atoms with Crippen molar-refractivity contribution in [1.29, 1.82) is 5.26 Å². The second-order valence-corrected chi connectivity index (χ2v) is 11.8. The van der Waals surface area contributed by atoms with Gasteiger partial charge in [0.05, 0.1) is 31.2 Å². The van der Waals surface area contributed by atoms with Gasteiger partial charge >= 0.3 is 0 Å². The van der Waals surface area contributed by atoms with E-state index in [0.717, 1.165) is 19.5 Å². The molecule has 4 heterocycles. The second kappa shape index (κ2) is 12.6. The predicted molar refractivity (Wildman–Crippen MR) is 167 cm³/mol. The van der Waals surface area contributed by atoms with Gasteiger partial charge in [-0.3, -0.25) is 9.69 Å². The number of nitriles is 1. The molecule has 11 nitrogen and oxygen atoms in total. The molecule has 0 unspecified atom stereocenters. The number of morpholine rings is 1. The molecule has 0 saturated carbocycles. The molecule has 45 heavy (non-hydrogen) atoms. The number of rotatable bonds is 8. The van der Waals surface area contributed by atoms with Crippen LogP contribution in [-0.4, -0.2) is 79.9 Å². The number of nitrogens with two attached hydrogens (primary N) is 1. The Bertz CT molecular complexity index is 1780. The van der Waals surface area contributed by atoms with Crippen LogP contribution in [0.2, 0.25) is 0 Å². The third kappa shape index (κ3) is 6.22. The summed E-state index contributed by atoms with van der Waals surface area (Å²) in [6.45, 7) is 7.51. The van der Waals surface area contributed by atoms with Crippen LogP contribution in [-0.2, 0) is 16.1 Å². The molecule has 2 aliphatic heterocycles. The molecule has 2 aliphatic rings. The quantitative estimate of drug-likeness (QED) is 0.225. The number of para-hydroxylation sites is 1. The number of hydrogen-bond donors (Lipinski definition) is 1. The van der Waals surface area contributed by atoms with Crippen LogP contribution >= 0.6 is 0 Å². The van der Waals surface area contributed by atoms with Crippen molar-refractivity contribution in [3.05, 3.63) is 72.3 Å². The zero-order valence-corrected chi connectivity index (χ0v) is 25.3. The number of aromatic nitrogens is 4. The molecule has 0 bridgehead atoms. The number of hydrogen-bond acceptors (Lipinski definition) is 9. The Morgan fingerprint density at radius 1 is 1.16 bits per heavy atom. The highest BCUT2D eigenvalue weighted by molar-refractivity contribution is 5.99. The first kappa shape index (κ1) is 30.2. The Morgan fingerprint density at radius 3 is 2.67 bits per heavy atom. The first-order valence-electron chi connectivity index (χ1n) is 15.0. The number of likely N-dealkylation sites (tertiary alicyclic amines) is 1. The summed E-state index contributed by atoms with van der Waals surface area (Å²) < 4.78 is 28.5. The fraction of sp³-hybridized carbons (Fsp3) is 0.364. The van der Waals surface area contributed by atoms with Gasteiger partial charge in [0.2, 0.25) is 0 Å². The third-order valence-corrected chi connectivity index (χ3v) is 8.43. The molecule has 2 aromatic carbocycles. The minimum absolute atomic E-state index is 0.107. The number of fused-ring (bicyclic) bond motifs is 1. The van der Waals surface area contributed by atoms with Crippen molar-refractivity contribution in [2.75, 3.05) is 38.6 Å². The van der Waals surface area contributed by atoms with Crippen molar-refractivity contribution in [3.8, 4) is 28.8 Å². The van der Waals surface area contributed by atoms with Crippen LogP contribution in [0, 0.1) is 17.1 Å². The van der Waals surface area contributed by atoms with E-state index in [1.807, 2.05) is 32.0 Å². The van der Waals surface area contributed by atoms with E-state index in [2.05, 4.69) is 20.9 Å². The first-order chi connectivity index (χ1) is 21.7. The molecule has 0 spiro atoms. The molecule has 2 fully saturated rings. The fourth-order valence-electron chi connectivity index (χ4n) is 6.10. The van der Waals surface area contributed by atoms with Crippen LogP contribution in [0.5, 0.6) is 11.5 Å². The maximum absolute atomic E-state index is 15.6. The number of ether oxygens (including phenoxy) is 2. The Hall–Kier alpha value is -4.86. The smallest absolute Gasteiger partial charge is 0.264 e. The van der Waals surface area contributed by atoms with Gasteiger partial charge in [0.15, 0.2) is 5.65 Å². The summed E-state index contributed by atoms with van der Waals surface area (Å²) in [4.78, 5) is 26.3. The summed E-state index contributed by atoms with van der Waals surface area (Å²) in [5.74, 6) is 0.250. The van der Waals surface area contributed by atoms with Crippen molar-refractivity contribution in [1.82, 2.24) is 29.5 Å². The summed E-state index contributed by atoms with van der Waals surface area (Å²) in [5.41, 5.74) is 6.85. The predicted octanol–water partition coefficient (Wildman–Crippen LogP) is 4.56. The second-order valence-electron chi connectivity index (χ2n) is 11.8. The number of carbonyl (C=O) groups excluding carboxylic acids is 1. The van der Waals surface area contributed by atoms with Crippen LogP contribution in [0.15, 0.2) is 66.5 Å². The summed E-state index contributed by atoms with van der Waals surface area (Å²) in [5, 5.41) is 15.2. The van der Waals surface area contributed by atoms with Gasteiger partial charge in [0.25, 0.3) is 5.91 Å². The highest BCUT2D eigenvalue weighted by Crippen LogP contribution is 2.35. The van der Waals surface area contributed by atoms with Gasteiger partial charge in [-0.05, 0) is 57.0 Å². The molecule has 12 heteroatoms. The molecule has 232 valence electrons. The lowest BCUT2D eigenvalue weighted by Gasteiger charge is -2.39. The molecule has 1 amide bonds. The number of benzene rings is 2. The molecule has 4 aromatic rings. The van der Waals surface area contributed by atoms with Crippen molar-refractivity contribution in [2.45, 2.75) is 44.8 Å². The van der Waals surface area contributed by atoms with Crippen molar-refractivity contribution in [3.63, 3.8) is 0 Å². The van der Waals surface area contributed by atoms with Gasteiger partial charge in [-0.2, -0.15) is 10.4 Å². The standard InChI is InChI=1S/C33H35FN8O3/c1-33(2,40-13-15-44-16-14-40)18-22(19-35)32(43)41-12-6-7-23(41)20-42-31-28(30(36)37-21-38-31)29(39-42)26-11-10-25(17-27(26)34)45-24-8-4-3-5-9-24/h3-5,8-11,17-18,21,23H,6-7,12-16,20H2,1-2H3,(H2,36,37,38)/t23-/m1/s1. The van der Waals surface area contributed by atoms with Crippen molar-refractivity contribution in [2.24, 2.45) is 0 Å². The third-order valence-electron chi connectivity index (χ3n) is 8.43. The van der Waals surface area contributed by atoms with Crippen molar-refractivity contribution < 1.29 is 18.7 Å². The summed E-state index contributed by atoms with van der Waals surface area (Å²) in [7, 11) is 0. The van der Waals surface area contributed by atoms with Gasteiger partial charge in [-0.15, -0.1) is 0 Å². The summed E-state index contributed by atoms with van der Waals surface area (Å²) >= 11 is 0. The molecule has 0 radical (unpaired) electrons. The van der Waals surface area contributed by atoms with E-state index in [9.17, 15) is 10.1 Å². The van der Waals surface area contributed by atoms with E-state index in [4.69, 9.17) is 20.3 Å². The Labute approximate surface area is 260 Å². The van der Waals surface area contributed by atoms with E-state index in [1.54, 1.807) is 39.9 Å². The summed E-state index contributed by atoms with van der Waals surface area (Å²) in [6, 6.07) is 15.6. The maximum atomic E-state index is 15.6. The van der Waals surface area contributed by atoms with Crippen LogP contribution in [0.4, 0.5) is 10.2 Å². The van der Waals surface area contributed by atoms with E-state index in [0.29, 0.717) is 61.0 Å². The molecular formula is C33H35FN8O3. The number of anilines is 1. The van der Waals surface area contributed by atoms with Crippen molar-refractivity contribution >= 4 is 22.8 Å². The van der Waals surface area contributed by atoms with Crippen LogP contribution in [0.25, 0.3) is 22.3 Å². The van der Waals surface area contributed by atoms with Crippen LogP contribution in [0.3, 0.4) is 0 Å². The highest BCUT2D eigenvalue weighted by Gasteiger charge is 2.34. The van der Waals surface area contributed by atoms with E-state index in [-0.39, 0.29) is 28.9 Å². The molecule has 6 rings (SSSR count). The average Bonchev–Trinajstić information content (AvgIpc) is 3.66. The zero-order valence-electron chi connectivity index (χ0n) is 25.3. The Balaban J connectivity index is 1.28. The van der Waals surface area contributed by atoms with Crippen LogP contribution in [0.1, 0.15) is 26.7 Å². The number of amides is 1. The maximum Gasteiger partial charge on any atom is 0.264 e. The number of nitrogens with zero attached hydrogens (tertiary/aromatic N) is 7. The van der Waals surface area contributed by atoms with Gasteiger partial charge in [-0.1, -0.05) is 18.2 Å². The highest BCUT2D eigenvalue weighted by atomic mass is 19.1. The monoisotopic (exact) mass is 610 g/mol. The minimum Gasteiger partial charge on any atom is -0.457 e. The van der Waals surface area contributed by atoms with Gasteiger partial charge in [-0.25, -0.2) is 19.0 Å². The molecule has 2 aromatic heterocycles. The molecular weight excluding hydrogens is 575 g/mol. The molecule has 0 aliphatic carbocycles. The topological polar surface area (TPSA) is 135 Å². The lowest BCUT2D eigenvalue weighted by molar-refractivity contribution is -0.127. The lowest BCUT2D eigenvalue weighted by atomic mass is 9.97. The lowest BCUT2D eigenvalue weighted by Crippen LogP contribution is -2.49. The van der Waals surface area contributed by atoms with Gasteiger partial charge < -0.3 is 20.1 Å². The molecule has 2 N–H and O–H groups in total. The first-order valence-corrected chi connectivity index (χ1v) is 15.0. The van der Waals surface area contributed by atoms with Crippen LogP contribution < -0.4 is 10.5 Å². The largest absolute Gasteiger partial charge is 0.457 e. The van der Waals surface area contributed by atoms with E-state index < -0.39 is 11.4 Å². The van der Waals surface area contributed by atoms with E-state index in [1.165, 1.54) is 12.4 Å². The molecule has 2 saturated heterocycles. The number of carbonyl (C=O) groups is 1. The van der Waals surface area contributed by atoms with Gasteiger partial charge in [0.1, 0.15) is 46.8 Å². The fourth-order valence-corrected chi connectivity index (χ4v) is 6.10. The van der Waals surface area contributed by atoms with E-state index >= 15 is 4.39 Å². The molecule has 1 atom stereocenters. The number of halogens is 1. The average molecular weight is 611 g/mol. The SMILES string of the molecule is CC(C)(C=C(C#N)C(=O)N1CCC[C@@H]1Cn1nc(-c2ccc(Oc3ccccc3)cc2F)c2c(N)ncnc21)N1CCOCC1. The Morgan fingerprint density at radius 2 is 1.93 bits per heavy atom. The normalized spacial score (nSPS) is 17.9.